The monoisotopic (exact) mass is 262 g/mol. The van der Waals surface area contributed by atoms with Crippen molar-refractivity contribution < 1.29 is 9.90 Å². The highest BCUT2D eigenvalue weighted by Crippen LogP contribution is 2.13. The minimum Gasteiger partial charge on any atom is -0.391 e. The van der Waals surface area contributed by atoms with E-state index in [9.17, 15) is 9.90 Å². The van der Waals surface area contributed by atoms with Gasteiger partial charge in [0.2, 0.25) is 0 Å². The zero-order valence-corrected chi connectivity index (χ0v) is 11.4. The highest BCUT2D eigenvalue weighted by Gasteiger charge is 2.23. The smallest absolute Gasteiger partial charge is 0.251 e. The molecule has 0 aliphatic carbocycles. The van der Waals surface area contributed by atoms with Crippen molar-refractivity contribution in [3.63, 3.8) is 0 Å². The summed E-state index contributed by atoms with van der Waals surface area (Å²) in [5.74, 6) is 0.113. The zero-order chi connectivity index (χ0) is 13.7. The van der Waals surface area contributed by atoms with E-state index in [0.717, 1.165) is 30.5 Å². The molecule has 3 N–H and O–H groups in total. The Bertz CT molecular complexity index is 434. The number of carbonyl (C=O) groups is 1. The average molecular weight is 262 g/mol. The third kappa shape index (κ3) is 3.55. The summed E-state index contributed by atoms with van der Waals surface area (Å²) in [6.07, 6.45) is 1.38. The third-order valence-electron chi connectivity index (χ3n) is 3.76. The number of benzene rings is 1. The molecule has 0 spiro atoms. The molecule has 0 radical (unpaired) electrons. The lowest BCUT2D eigenvalue weighted by molar-refractivity contribution is 0.0753. The summed E-state index contributed by atoms with van der Waals surface area (Å²) in [6, 6.07) is 7.67. The molecule has 0 unspecified atom stereocenters. The first-order valence-corrected chi connectivity index (χ1v) is 6.97. The molecule has 1 heterocycles. The van der Waals surface area contributed by atoms with Crippen molar-refractivity contribution in [1.82, 2.24) is 10.6 Å². The van der Waals surface area contributed by atoms with E-state index in [0.29, 0.717) is 13.1 Å². The van der Waals surface area contributed by atoms with Gasteiger partial charge in [0.15, 0.2) is 0 Å². The summed E-state index contributed by atoms with van der Waals surface area (Å²) >= 11 is 0. The molecule has 19 heavy (non-hydrogen) atoms. The molecule has 4 heteroatoms. The predicted molar refractivity (Wildman–Crippen MR) is 75.1 cm³/mol. The fraction of sp³-hybridized carbons (Fsp3) is 0.533. The molecule has 1 saturated heterocycles. The van der Waals surface area contributed by atoms with Gasteiger partial charge in [-0.2, -0.15) is 0 Å². The SMILES string of the molecule is CCc1ccccc1C(=O)NC[C@@H]1CCNC[C@H]1O. The number of aliphatic hydroxyl groups is 1. The first kappa shape index (κ1) is 14.0. The number of β-amino-alcohol motifs (C(OH)–C–C–N with tert-alkyl or cyclic N) is 1. The van der Waals surface area contributed by atoms with Crippen LogP contribution in [0, 0.1) is 5.92 Å². The Balaban J connectivity index is 1.93. The topological polar surface area (TPSA) is 61.4 Å². The maximum Gasteiger partial charge on any atom is 0.251 e. The van der Waals surface area contributed by atoms with Crippen molar-refractivity contribution in [2.75, 3.05) is 19.6 Å². The molecule has 0 saturated carbocycles. The molecule has 0 aromatic heterocycles. The normalized spacial score (nSPS) is 23.1. The number of nitrogens with one attached hydrogen (secondary N) is 2. The van der Waals surface area contributed by atoms with Crippen LogP contribution in [-0.4, -0.2) is 36.8 Å². The molecule has 2 atom stereocenters. The number of carbonyl (C=O) groups excluding carboxylic acids is 1. The summed E-state index contributed by atoms with van der Waals surface area (Å²) in [5, 5.41) is 15.9. The van der Waals surface area contributed by atoms with Crippen LogP contribution >= 0.6 is 0 Å². The molecule has 1 aliphatic heterocycles. The number of piperidine rings is 1. The second-order valence-electron chi connectivity index (χ2n) is 5.04. The van der Waals surface area contributed by atoms with Gasteiger partial charge >= 0.3 is 0 Å². The molecule has 1 fully saturated rings. The summed E-state index contributed by atoms with van der Waals surface area (Å²) in [6.45, 7) is 4.11. The summed E-state index contributed by atoms with van der Waals surface area (Å²) in [7, 11) is 0. The van der Waals surface area contributed by atoms with E-state index in [2.05, 4.69) is 10.6 Å². The van der Waals surface area contributed by atoms with E-state index >= 15 is 0 Å². The lowest BCUT2D eigenvalue weighted by Gasteiger charge is -2.28. The number of aryl methyl sites for hydroxylation is 1. The molecule has 0 bridgehead atoms. The minimum atomic E-state index is -0.365. The summed E-state index contributed by atoms with van der Waals surface area (Å²) < 4.78 is 0. The maximum absolute atomic E-state index is 12.2. The largest absolute Gasteiger partial charge is 0.391 e. The van der Waals surface area contributed by atoms with Crippen LogP contribution in [0.4, 0.5) is 0 Å². The zero-order valence-electron chi connectivity index (χ0n) is 11.4. The molecule has 1 aromatic carbocycles. The van der Waals surface area contributed by atoms with Crippen molar-refractivity contribution in [3.8, 4) is 0 Å². The first-order chi connectivity index (χ1) is 9.22. The van der Waals surface area contributed by atoms with E-state index in [1.807, 2.05) is 31.2 Å². The Morgan fingerprint density at radius 1 is 1.47 bits per heavy atom. The number of aliphatic hydroxyl groups excluding tert-OH is 1. The van der Waals surface area contributed by atoms with Crippen molar-refractivity contribution >= 4 is 5.91 Å². The summed E-state index contributed by atoms with van der Waals surface area (Å²) in [4.78, 5) is 12.2. The van der Waals surface area contributed by atoms with Crippen molar-refractivity contribution in [3.05, 3.63) is 35.4 Å². The third-order valence-corrected chi connectivity index (χ3v) is 3.76. The quantitative estimate of drug-likeness (QED) is 0.757. The van der Waals surface area contributed by atoms with E-state index in [1.54, 1.807) is 0 Å². The van der Waals surface area contributed by atoms with Crippen LogP contribution in [-0.2, 0) is 6.42 Å². The molecule has 1 aromatic rings. The van der Waals surface area contributed by atoms with Gasteiger partial charge in [-0.25, -0.2) is 0 Å². The van der Waals surface area contributed by atoms with Crippen LogP contribution in [0.3, 0.4) is 0 Å². The Labute approximate surface area is 114 Å². The fourth-order valence-corrected chi connectivity index (χ4v) is 2.50. The van der Waals surface area contributed by atoms with Gasteiger partial charge in [-0.15, -0.1) is 0 Å². The van der Waals surface area contributed by atoms with E-state index in [1.165, 1.54) is 0 Å². The van der Waals surface area contributed by atoms with E-state index < -0.39 is 0 Å². The van der Waals surface area contributed by atoms with Crippen molar-refractivity contribution in [1.29, 1.82) is 0 Å². The Morgan fingerprint density at radius 2 is 2.26 bits per heavy atom. The summed E-state index contributed by atoms with van der Waals surface area (Å²) in [5.41, 5.74) is 1.80. The van der Waals surface area contributed by atoms with Crippen LogP contribution < -0.4 is 10.6 Å². The number of amides is 1. The van der Waals surface area contributed by atoms with Crippen LogP contribution in [0.25, 0.3) is 0 Å². The lowest BCUT2D eigenvalue weighted by atomic mass is 9.95. The van der Waals surface area contributed by atoms with Gasteiger partial charge in [0, 0.05) is 24.6 Å². The van der Waals surface area contributed by atoms with E-state index in [4.69, 9.17) is 0 Å². The van der Waals surface area contributed by atoms with Crippen molar-refractivity contribution in [2.24, 2.45) is 5.92 Å². The van der Waals surface area contributed by atoms with Gasteiger partial charge in [0.05, 0.1) is 6.10 Å². The molecule has 2 rings (SSSR count). The van der Waals surface area contributed by atoms with Gasteiger partial charge < -0.3 is 15.7 Å². The molecule has 1 amide bonds. The van der Waals surface area contributed by atoms with Crippen LogP contribution in [0.15, 0.2) is 24.3 Å². The lowest BCUT2D eigenvalue weighted by Crippen LogP contribution is -2.45. The van der Waals surface area contributed by atoms with Gasteiger partial charge in [-0.05, 0) is 31.0 Å². The molecule has 4 nitrogen and oxygen atoms in total. The van der Waals surface area contributed by atoms with Crippen LogP contribution in [0.5, 0.6) is 0 Å². The van der Waals surface area contributed by atoms with Gasteiger partial charge in [-0.1, -0.05) is 25.1 Å². The van der Waals surface area contributed by atoms with Crippen molar-refractivity contribution in [2.45, 2.75) is 25.9 Å². The van der Waals surface area contributed by atoms with Crippen LogP contribution in [0.2, 0.25) is 0 Å². The van der Waals surface area contributed by atoms with Gasteiger partial charge in [0.25, 0.3) is 5.91 Å². The molecule has 1 aliphatic rings. The average Bonchev–Trinajstić information content (AvgIpc) is 2.46. The van der Waals surface area contributed by atoms with Gasteiger partial charge in [0.1, 0.15) is 0 Å². The Morgan fingerprint density at radius 3 is 3.00 bits per heavy atom. The second-order valence-corrected chi connectivity index (χ2v) is 5.04. The maximum atomic E-state index is 12.2. The highest BCUT2D eigenvalue weighted by molar-refractivity contribution is 5.95. The highest BCUT2D eigenvalue weighted by atomic mass is 16.3. The molecular weight excluding hydrogens is 240 g/mol. The first-order valence-electron chi connectivity index (χ1n) is 6.97. The number of hydrogen-bond donors (Lipinski definition) is 3. The Kier molecular flexibility index (Phi) is 4.93. The number of rotatable bonds is 4. The number of hydrogen-bond acceptors (Lipinski definition) is 3. The van der Waals surface area contributed by atoms with E-state index in [-0.39, 0.29) is 17.9 Å². The van der Waals surface area contributed by atoms with Crippen LogP contribution in [0.1, 0.15) is 29.3 Å². The molecular formula is C15H22N2O2. The van der Waals surface area contributed by atoms with Gasteiger partial charge in [-0.3, -0.25) is 4.79 Å². The Hall–Kier alpha value is -1.39. The standard InChI is InChI=1S/C15H22N2O2/c1-2-11-5-3-4-6-13(11)15(19)17-9-12-7-8-16-10-14(12)18/h3-6,12,14,16,18H,2,7-10H2,1H3,(H,17,19)/t12-,14+/m0/s1. The second kappa shape index (κ2) is 6.68. The minimum absolute atomic E-state index is 0.0387. The predicted octanol–water partition coefficient (Wildman–Crippen LogP) is 0.949. The fourth-order valence-electron chi connectivity index (χ4n) is 2.50. The molecule has 104 valence electrons.